The number of piperidine rings is 1. The highest BCUT2D eigenvalue weighted by atomic mass is 32.1. The van der Waals surface area contributed by atoms with Crippen LogP contribution in [0.2, 0.25) is 0 Å². The van der Waals surface area contributed by atoms with E-state index in [-0.39, 0.29) is 0 Å². The van der Waals surface area contributed by atoms with Gasteiger partial charge in [-0.25, -0.2) is 4.98 Å². The first-order valence-corrected chi connectivity index (χ1v) is 15.5. The van der Waals surface area contributed by atoms with Crippen LogP contribution >= 0.6 is 11.3 Å². The molecule has 3 fully saturated rings. The van der Waals surface area contributed by atoms with Crippen LogP contribution in [0.1, 0.15) is 61.2 Å². The molecule has 1 saturated carbocycles. The number of rotatable bonds is 9. The maximum absolute atomic E-state index is 4.68. The van der Waals surface area contributed by atoms with Crippen LogP contribution < -0.4 is 5.32 Å². The number of aromatic amines is 1. The third-order valence-corrected chi connectivity index (χ3v) is 10.6. The SMILES string of the molecule is Cc1ccsc1CN1CCC2(CC1)CCN(C[C@H]1CC[C@H](N(CC3=NCCN3)Cc3ncc[nH]3)CC1)C2. The van der Waals surface area contributed by atoms with Crippen molar-refractivity contribution in [2.24, 2.45) is 16.3 Å². The maximum Gasteiger partial charge on any atom is 0.120 e. The number of amidine groups is 1. The molecule has 7 nitrogen and oxygen atoms in total. The van der Waals surface area contributed by atoms with Gasteiger partial charge in [0, 0.05) is 49.5 Å². The second kappa shape index (κ2) is 11.6. The Hall–Kier alpha value is -1.74. The summed E-state index contributed by atoms with van der Waals surface area (Å²) >= 11 is 1.93. The first kappa shape index (κ1) is 25.5. The summed E-state index contributed by atoms with van der Waals surface area (Å²) in [5, 5.41) is 5.72. The molecule has 0 atom stereocenters. The number of thiophene rings is 1. The molecule has 2 aromatic rings. The Kier molecular flexibility index (Phi) is 7.98. The summed E-state index contributed by atoms with van der Waals surface area (Å²) in [7, 11) is 0. The van der Waals surface area contributed by atoms with Crippen molar-refractivity contribution in [2.75, 3.05) is 52.4 Å². The van der Waals surface area contributed by atoms with E-state index in [1.54, 1.807) is 4.88 Å². The van der Waals surface area contributed by atoms with E-state index >= 15 is 0 Å². The molecule has 8 heteroatoms. The molecule has 6 rings (SSSR count). The van der Waals surface area contributed by atoms with E-state index in [4.69, 9.17) is 0 Å². The monoisotopic (exact) mass is 523 g/mol. The molecular weight excluding hydrogens is 478 g/mol. The van der Waals surface area contributed by atoms with Crippen LogP contribution in [0, 0.1) is 18.3 Å². The smallest absolute Gasteiger partial charge is 0.120 e. The Balaban J connectivity index is 0.960. The van der Waals surface area contributed by atoms with Gasteiger partial charge >= 0.3 is 0 Å². The minimum atomic E-state index is 0.590. The number of aliphatic imine (C=N–C) groups is 1. The largest absolute Gasteiger partial charge is 0.371 e. The Morgan fingerprint density at radius 2 is 1.89 bits per heavy atom. The molecule has 2 aromatic heterocycles. The molecule has 0 bridgehead atoms. The van der Waals surface area contributed by atoms with Crippen LogP contribution in [0.3, 0.4) is 0 Å². The van der Waals surface area contributed by atoms with Crippen molar-refractivity contribution < 1.29 is 0 Å². The average molecular weight is 524 g/mol. The fourth-order valence-corrected chi connectivity index (χ4v) is 8.19. The van der Waals surface area contributed by atoms with Gasteiger partial charge in [-0.2, -0.15) is 0 Å². The third-order valence-electron chi connectivity index (χ3n) is 9.62. The molecule has 2 saturated heterocycles. The lowest BCUT2D eigenvalue weighted by Crippen LogP contribution is -2.44. The highest BCUT2D eigenvalue weighted by Gasteiger charge is 2.41. The van der Waals surface area contributed by atoms with Crippen molar-refractivity contribution in [3.8, 4) is 0 Å². The van der Waals surface area contributed by atoms with Crippen molar-refractivity contribution in [1.82, 2.24) is 30.0 Å². The zero-order chi connectivity index (χ0) is 25.1. The summed E-state index contributed by atoms with van der Waals surface area (Å²) in [5.74, 6) is 3.09. The molecule has 5 heterocycles. The summed E-state index contributed by atoms with van der Waals surface area (Å²) in [5.41, 5.74) is 2.06. The topological polar surface area (TPSA) is 62.8 Å². The van der Waals surface area contributed by atoms with Crippen LogP contribution in [0.5, 0.6) is 0 Å². The van der Waals surface area contributed by atoms with E-state index in [1.165, 1.54) is 83.2 Å². The molecule has 0 unspecified atom stereocenters. The van der Waals surface area contributed by atoms with Crippen molar-refractivity contribution in [3.63, 3.8) is 0 Å². The quantitative estimate of drug-likeness (QED) is 0.518. The number of imidazole rings is 1. The van der Waals surface area contributed by atoms with Gasteiger partial charge in [0.1, 0.15) is 11.7 Å². The number of aryl methyl sites for hydroxylation is 1. The van der Waals surface area contributed by atoms with Crippen molar-refractivity contribution >= 4 is 17.2 Å². The molecule has 4 aliphatic rings. The van der Waals surface area contributed by atoms with E-state index in [2.05, 4.69) is 53.3 Å². The van der Waals surface area contributed by atoms with Gasteiger partial charge in [-0.15, -0.1) is 11.3 Å². The summed E-state index contributed by atoms with van der Waals surface area (Å²) in [6.07, 6.45) is 13.3. The predicted molar refractivity (Wildman–Crippen MR) is 152 cm³/mol. The molecule has 37 heavy (non-hydrogen) atoms. The van der Waals surface area contributed by atoms with Crippen molar-refractivity contribution in [3.05, 3.63) is 40.1 Å². The first-order valence-electron chi connectivity index (χ1n) is 14.6. The van der Waals surface area contributed by atoms with Crippen LogP contribution in [-0.2, 0) is 13.1 Å². The number of hydrogen-bond donors (Lipinski definition) is 2. The second-order valence-electron chi connectivity index (χ2n) is 12.2. The lowest BCUT2D eigenvalue weighted by atomic mass is 9.77. The molecule has 3 aliphatic heterocycles. The standard InChI is InChI=1S/C29H45N7S/c1-23-6-17-37-26(23)19-34-14-7-29(8-15-34)9-16-35(22-29)18-24-2-4-25(5-3-24)36(20-27-30-10-11-31-27)21-28-32-12-13-33-28/h6,10-11,17,24-25H,2-5,7-9,12-16,18-22H2,1H3,(H,30,31)(H,32,33)/t24-,25-. The summed E-state index contributed by atoms with van der Waals surface area (Å²) < 4.78 is 0. The van der Waals surface area contributed by atoms with E-state index in [1.807, 2.05) is 23.7 Å². The minimum absolute atomic E-state index is 0.590. The highest BCUT2D eigenvalue weighted by molar-refractivity contribution is 7.10. The summed E-state index contributed by atoms with van der Waals surface area (Å²) in [6.45, 7) is 13.7. The van der Waals surface area contributed by atoms with Gasteiger partial charge in [-0.1, -0.05) is 0 Å². The number of aromatic nitrogens is 2. The molecule has 2 N–H and O–H groups in total. The van der Waals surface area contributed by atoms with Gasteiger partial charge in [-0.3, -0.25) is 14.8 Å². The van der Waals surface area contributed by atoms with E-state index in [0.29, 0.717) is 11.5 Å². The number of hydrogen-bond acceptors (Lipinski definition) is 7. The first-order chi connectivity index (χ1) is 18.1. The van der Waals surface area contributed by atoms with E-state index in [0.717, 1.165) is 50.3 Å². The van der Waals surface area contributed by atoms with Crippen LogP contribution in [0.15, 0.2) is 28.8 Å². The van der Waals surface area contributed by atoms with Gasteiger partial charge in [0.05, 0.1) is 19.6 Å². The number of H-pyrrole nitrogens is 1. The van der Waals surface area contributed by atoms with Gasteiger partial charge < -0.3 is 15.2 Å². The van der Waals surface area contributed by atoms with E-state index in [9.17, 15) is 0 Å². The van der Waals surface area contributed by atoms with Gasteiger partial charge in [0.15, 0.2) is 0 Å². The molecule has 1 aliphatic carbocycles. The Morgan fingerprint density at radius 3 is 2.57 bits per heavy atom. The Bertz CT molecular complexity index is 1010. The Labute approximate surface area is 226 Å². The number of likely N-dealkylation sites (tertiary alicyclic amines) is 2. The minimum Gasteiger partial charge on any atom is -0.371 e. The molecule has 0 amide bonds. The normalized spacial score (nSPS) is 26.7. The zero-order valence-corrected chi connectivity index (χ0v) is 23.4. The fraction of sp³-hybridized carbons (Fsp3) is 0.724. The van der Waals surface area contributed by atoms with Crippen molar-refractivity contribution in [1.29, 1.82) is 0 Å². The molecule has 0 radical (unpaired) electrons. The summed E-state index contributed by atoms with van der Waals surface area (Å²) in [4.78, 5) is 22.2. The molecule has 202 valence electrons. The molecule has 0 aromatic carbocycles. The zero-order valence-electron chi connectivity index (χ0n) is 22.6. The Morgan fingerprint density at radius 1 is 1.08 bits per heavy atom. The predicted octanol–water partition coefficient (Wildman–Crippen LogP) is 4.13. The van der Waals surface area contributed by atoms with Crippen LogP contribution in [0.25, 0.3) is 0 Å². The number of nitrogens with one attached hydrogen (secondary N) is 2. The highest BCUT2D eigenvalue weighted by Crippen LogP contribution is 2.42. The van der Waals surface area contributed by atoms with Gasteiger partial charge in [-0.05, 0) is 99.8 Å². The molecular formula is C29H45N7S. The summed E-state index contributed by atoms with van der Waals surface area (Å²) in [6, 6.07) is 2.90. The third kappa shape index (κ3) is 6.29. The number of nitrogens with zero attached hydrogens (tertiary/aromatic N) is 5. The lowest BCUT2D eigenvalue weighted by molar-refractivity contribution is 0.0945. The lowest BCUT2D eigenvalue weighted by Gasteiger charge is -2.40. The van der Waals surface area contributed by atoms with Gasteiger partial charge in [0.25, 0.3) is 0 Å². The van der Waals surface area contributed by atoms with Crippen LogP contribution in [0.4, 0.5) is 0 Å². The second-order valence-corrected chi connectivity index (χ2v) is 13.2. The fourth-order valence-electron chi connectivity index (χ4n) is 7.24. The van der Waals surface area contributed by atoms with Crippen molar-refractivity contribution in [2.45, 2.75) is 71.0 Å². The van der Waals surface area contributed by atoms with Crippen LogP contribution in [-0.4, -0.2) is 88.9 Å². The maximum atomic E-state index is 4.68. The van der Waals surface area contributed by atoms with E-state index < -0.39 is 0 Å². The molecule has 1 spiro atoms. The average Bonchev–Trinajstić information content (AvgIpc) is 3.72. The van der Waals surface area contributed by atoms with Gasteiger partial charge in [0.2, 0.25) is 0 Å².